The van der Waals surface area contributed by atoms with Crippen LogP contribution in [-0.4, -0.2) is 54.9 Å². The Kier molecular flexibility index (Phi) is 6.61. The average molecular weight is 390 g/mol. The number of imide groups is 1. The zero-order valence-corrected chi connectivity index (χ0v) is 16.5. The second-order valence-electron chi connectivity index (χ2n) is 6.49. The Hall–Kier alpha value is -3.10. The van der Waals surface area contributed by atoms with Crippen LogP contribution in [0.5, 0.6) is 5.75 Å². The van der Waals surface area contributed by atoms with E-state index >= 15 is 0 Å². The summed E-state index contributed by atoms with van der Waals surface area (Å²) in [6.07, 6.45) is 0.317. The van der Waals surface area contributed by atoms with Crippen molar-refractivity contribution < 1.29 is 23.9 Å². The maximum Gasteiger partial charge on any atom is 0.325 e. The SMILES string of the molecule is CCNC(=O)[C@H](C)NC(=O)CN1C(=O)N[C@](CC)(c2ccc(OC)cc2)C1=O. The molecule has 0 unspecified atom stereocenters. The van der Waals surface area contributed by atoms with Gasteiger partial charge in [0.25, 0.3) is 5.91 Å². The third-order valence-corrected chi connectivity index (χ3v) is 4.71. The average Bonchev–Trinajstić information content (AvgIpc) is 2.93. The molecule has 0 aliphatic carbocycles. The summed E-state index contributed by atoms with van der Waals surface area (Å²) in [6, 6.07) is 5.40. The fraction of sp³-hybridized carbons (Fsp3) is 0.474. The lowest BCUT2D eigenvalue weighted by molar-refractivity contribution is -0.136. The number of nitrogens with zero attached hydrogens (tertiary/aromatic N) is 1. The molecule has 2 atom stereocenters. The maximum atomic E-state index is 13.0. The van der Waals surface area contributed by atoms with Crippen LogP contribution in [0, 0.1) is 0 Å². The number of ether oxygens (including phenoxy) is 1. The Morgan fingerprint density at radius 2 is 1.86 bits per heavy atom. The van der Waals surface area contributed by atoms with Crippen molar-refractivity contribution in [2.75, 3.05) is 20.2 Å². The summed E-state index contributed by atoms with van der Waals surface area (Å²) in [4.78, 5) is 50.3. The number of carbonyl (C=O) groups is 4. The summed E-state index contributed by atoms with van der Waals surface area (Å²) in [5, 5.41) is 7.79. The quantitative estimate of drug-likeness (QED) is 0.559. The third-order valence-electron chi connectivity index (χ3n) is 4.71. The molecule has 9 heteroatoms. The van der Waals surface area contributed by atoms with Gasteiger partial charge >= 0.3 is 6.03 Å². The number of hydrogen-bond acceptors (Lipinski definition) is 5. The normalized spacial score (nSPS) is 19.8. The van der Waals surface area contributed by atoms with Gasteiger partial charge in [-0.1, -0.05) is 19.1 Å². The summed E-state index contributed by atoms with van der Waals surface area (Å²) in [5.74, 6) is -0.814. The van der Waals surface area contributed by atoms with Crippen molar-refractivity contribution in [3.63, 3.8) is 0 Å². The lowest BCUT2D eigenvalue weighted by atomic mass is 9.87. The van der Waals surface area contributed by atoms with Crippen LogP contribution in [0.25, 0.3) is 0 Å². The van der Waals surface area contributed by atoms with Crippen LogP contribution < -0.4 is 20.7 Å². The van der Waals surface area contributed by atoms with E-state index in [2.05, 4.69) is 16.0 Å². The third kappa shape index (κ3) is 4.08. The van der Waals surface area contributed by atoms with Gasteiger partial charge in [0.1, 0.15) is 23.9 Å². The van der Waals surface area contributed by atoms with Gasteiger partial charge in [-0.3, -0.25) is 19.3 Å². The van der Waals surface area contributed by atoms with Crippen LogP contribution in [-0.2, 0) is 19.9 Å². The number of carbonyl (C=O) groups excluding carboxylic acids is 4. The summed E-state index contributed by atoms with van der Waals surface area (Å²) in [5.41, 5.74) is -0.637. The molecule has 2 rings (SSSR count). The van der Waals surface area contributed by atoms with Crippen LogP contribution in [0.4, 0.5) is 4.79 Å². The molecule has 0 aromatic heterocycles. The van der Waals surface area contributed by atoms with Crippen LogP contribution in [0.1, 0.15) is 32.8 Å². The molecule has 5 amide bonds. The zero-order chi connectivity index (χ0) is 20.9. The maximum absolute atomic E-state index is 13.0. The van der Waals surface area contributed by atoms with Gasteiger partial charge in [0.2, 0.25) is 11.8 Å². The predicted octanol–water partition coefficient (Wildman–Crippen LogP) is 0.493. The number of hydrogen-bond donors (Lipinski definition) is 3. The molecule has 152 valence electrons. The first-order valence-electron chi connectivity index (χ1n) is 9.14. The first kappa shape index (κ1) is 21.2. The van der Waals surface area contributed by atoms with E-state index in [0.717, 1.165) is 4.90 Å². The van der Waals surface area contributed by atoms with Gasteiger partial charge in [0.05, 0.1) is 7.11 Å². The molecule has 1 aromatic rings. The number of methoxy groups -OCH3 is 1. The van der Waals surface area contributed by atoms with E-state index in [4.69, 9.17) is 4.74 Å². The number of rotatable bonds is 8. The van der Waals surface area contributed by atoms with Gasteiger partial charge in [0.15, 0.2) is 0 Å². The predicted molar refractivity (Wildman–Crippen MR) is 101 cm³/mol. The molecule has 0 saturated carbocycles. The van der Waals surface area contributed by atoms with E-state index < -0.39 is 36.0 Å². The van der Waals surface area contributed by atoms with E-state index in [9.17, 15) is 19.2 Å². The van der Waals surface area contributed by atoms with Gasteiger partial charge in [-0.2, -0.15) is 0 Å². The molecule has 1 saturated heterocycles. The number of likely N-dealkylation sites (N-methyl/N-ethyl adjacent to an activating group) is 1. The van der Waals surface area contributed by atoms with Crippen LogP contribution >= 0.6 is 0 Å². The highest BCUT2D eigenvalue weighted by molar-refractivity contribution is 6.09. The molecule has 9 nitrogen and oxygen atoms in total. The lowest BCUT2D eigenvalue weighted by Crippen LogP contribution is -2.49. The zero-order valence-electron chi connectivity index (χ0n) is 16.5. The Morgan fingerprint density at radius 3 is 2.39 bits per heavy atom. The molecular formula is C19H26N4O5. The van der Waals surface area contributed by atoms with Gasteiger partial charge in [-0.05, 0) is 38.0 Å². The van der Waals surface area contributed by atoms with E-state index in [0.29, 0.717) is 24.3 Å². The second-order valence-corrected chi connectivity index (χ2v) is 6.49. The summed E-state index contributed by atoms with van der Waals surface area (Å²) >= 11 is 0. The number of amides is 5. The number of benzene rings is 1. The summed E-state index contributed by atoms with van der Waals surface area (Å²) in [6.45, 7) is 5.05. The fourth-order valence-corrected chi connectivity index (χ4v) is 3.11. The van der Waals surface area contributed by atoms with Gasteiger partial charge in [-0.15, -0.1) is 0 Å². The second kappa shape index (κ2) is 8.73. The standard InChI is InChI=1S/C19H26N4O5/c1-5-19(13-7-9-14(28-4)10-8-13)17(26)23(18(27)22-19)11-15(24)21-12(3)16(25)20-6-2/h7-10,12H,5-6,11H2,1-4H3,(H,20,25)(H,21,24)(H,22,27)/t12-,19+/m0/s1. The van der Waals surface area contributed by atoms with Crippen molar-refractivity contribution in [1.29, 1.82) is 0 Å². The Labute approximate surface area is 163 Å². The molecule has 28 heavy (non-hydrogen) atoms. The Morgan fingerprint density at radius 1 is 1.21 bits per heavy atom. The van der Waals surface area contributed by atoms with Crippen molar-refractivity contribution in [3.05, 3.63) is 29.8 Å². The van der Waals surface area contributed by atoms with Crippen molar-refractivity contribution in [3.8, 4) is 5.75 Å². The number of urea groups is 1. The smallest absolute Gasteiger partial charge is 0.325 e. The van der Waals surface area contributed by atoms with E-state index in [1.165, 1.54) is 14.0 Å². The minimum Gasteiger partial charge on any atom is -0.497 e. The van der Waals surface area contributed by atoms with Crippen molar-refractivity contribution in [1.82, 2.24) is 20.9 Å². The topological polar surface area (TPSA) is 117 Å². The molecule has 1 aliphatic rings. The first-order chi connectivity index (χ1) is 13.3. The minimum atomic E-state index is -1.24. The Bertz CT molecular complexity index is 764. The highest BCUT2D eigenvalue weighted by Gasteiger charge is 2.51. The van der Waals surface area contributed by atoms with Crippen LogP contribution in [0.2, 0.25) is 0 Å². The van der Waals surface area contributed by atoms with Crippen molar-refractivity contribution in [2.45, 2.75) is 38.8 Å². The van der Waals surface area contributed by atoms with Crippen LogP contribution in [0.15, 0.2) is 24.3 Å². The minimum absolute atomic E-state index is 0.317. The van der Waals surface area contributed by atoms with E-state index in [1.54, 1.807) is 38.1 Å². The molecule has 0 bridgehead atoms. The number of nitrogens with one attached hydrogen (secondary N) is 3. The first-order valence-corrected chi connectivity index (χ1v) is 9.14. The largest absolute Gasteiger partial charge is 0.497 e. The molecular weight excluding hydrogens is 364 g/mol. The molecule has 1 fully saturated rings. The highest BCUT2D eigenvalue weighted by atomic mass is 16.5. The van der Waals surface area contributed by atoms with E-state index in [-0.39, 0.29) is 5.91 Å². The van der Waals surface area contributed by atoms with Crippen molar-refractivity contribution >= 4 is 23.8 Å². The molecule has 1 aliphatic heterocycles. The van der Waals surface area contributed by atoms with Crippen LogP contribution in [0.3, 0.4) is 0 Å². The van der Waals surface area contributed by atoms with Gasteiger partial charge in [0, 0.05) is 6.54 Å². The Balaban J connectivity index is 2.14. The molecule has 3 N–H and O–H groups in total. The molecule has 0 radical (unpaired) electrons. The molecule has 1 heterocycles. The highest BCUT2D eigenvalue weighted by Crippen LogP contribution is 2.33. The van der Waals surface area contributed by atoms with E-state index in [1.807, 2.05) is 0 Å². The summed E-state index contributed by atoms with van der Waals surface area (Å²) in [7, 11) is 1.54. The monoisotopic (exact) mass is 390 g/mol. The summed E-state index contributed by atoms with van der Waals surface area (Å²) < 4.78 is 5.13. The van der Waals surface area contributed by atoms with Gasteiger partial charge in [-0.25, -0.2) is 4.79 Å². The molecule has 0 spiro atoms. The fourth-order valence-electron chi connectivity index (χ4n) is 3.11. The molecule has 1 aromatic carbocycles. The van der Waals surface area contributed by atoms with Crippen molar-refractivity contribution in [2.24, 2.45) is 0 Å². The lowest BCUT2D eigenvalue weighted by Gasteiger charge is -2.26. The van der Waals surface area contributed by atoms with Gasteiger partial charge < -0.3 is 20.7 Å².